The fraction of sp³-hybridized carbons (Fsp3) is 0.150. The third-order valence-electron chi connectivity index (χ3n) is 7.85. The zero-order valence-corrected chi connectivity index (χ0v) is 29.7. The van der Waals surface area contributed by atoms with E-state index < -0.39 is 8.07 Å². The molecular formula is C40H36IrN2OSi-2. The monoisotopic (exact) mass is 781 g/mol. The Morgan fingerprint density at radius 1 is 0.667 bits per heavy atom. The van der Waals surface area contributed by atoms with Crippen molar-refractivity contribution in [3.8, 4) is 33.6 Å². The summed E-state index contributed by atoms with van der Waals surface area (Å²) >= 11 is 0. The van der Waals surface area contributed by atoms with E-state index in [2.05, 4.69) is 128 Å². The van der Waals surface area contributed by atoms with Crippen LogP contribution in [0.1, 0.15) is 25.3 Å². The molecule has 0 aliphatic heterocycles. The van der Waals surface area contributed by atoms with Gasteiger partial charge in [-0.25, -0.2) is 0 Å². The molecule has 7 aromatic rings. The molecule has 4 aromatic carbocycles. The Hall–Kier alpha value is -4.15. The zero-order chi connectivity index (χ0) is 30.7. The minimum absolute atomic E-state index is 0. The molecule has 227 valence electrons. The van der Waals surface area contributed by atoms with Gasteiger partial charge in [0.25, 0.3) is 0 Å². The van der Waals surface area contributed by atoms with E-state index in [0.717, 1.165) is 44.5 Å². The second-order valence-electron chi connectivity index (χ2n) is 12.4. The van der Waals surface area contributed by atoms with Gasteiger partial charge in [-0.05, 0) is 51.8 Å². The van der Waals surface area contributed by atoms with Gasteiger partial charge in [-0.1, -0.05) is 99.0 Å². The molecule has 45 heavy (non-hydrogen) atoms. The molecule has 0 N–H and O–H groups in total. The van der Waals surface area contributed by atoms with Gasteiger partial charge in [0, 0.05) is 37.9 Å². The molecule has 3 aromatic heterocycles. The molecule has 0 spiro atoms. The number of aromatic nitrogens is 2. The van der Waals surface area contributed by atoms with Crippen LogP contribution in [0.2, 0.25) is 19.6 Å². The van der Waals surface area contributed by atoms with Crippen LogP contribution in [0.5, 0.6) is 0 Å². The molecule has 3 nitrogen and oxygen atoms in total. The summed E-state index contributed by atoms with van der Waals surface area (Å²) in [4.78, 5) is 9.09. The molecule has 0 atom stereocenters. The Labute approximate surface area is 280 Å². The molecule has 0 aliphatic rings. The van der Waals surface area contributed by atoms with Gasteiger partial charge in [-0.3, -0.25) is 0 Å². The van der Waals surface area contributed by atoms with Crippen molar-refractivity contribution in [1.82, 2.24) is 9.97 Å². The van der Waals surface area contributed by atoms with Gasteiger partial charge >= 0.3 is 0 Å². The van der Waals surface area contributed by atoms with E-state index in [1.54, 1.807) is 0 Å². The van der Waals surface area contributed by atoms with Crippen LogP contribution in [0.25, 0.3) is 55.6 Å². The van der Waals surface area contributed by atoms with E-state index in [9.17, 15) is 0 Å². The summed E-state index contributed by atoms with van der Waals surface area (Å²) in [5.41, 5.74) is 9.41. The molecule has 0 saturated carbocycles. The van der Waals surface area contributed by atoms with E-state index in [1.165, 1.54) is 21.9 Å². The second-order valence-corrected chi connectivity index (χ2v) is 17.5. The van der Waals surface area contributed by atoms with E-state index in [1.807, 2.05) is 48.8 Å². The average Bonchev–Trinajstić information content (AvgIpc) is 3.43. The predicted octanol–water partition coefficient (Wildman–Crippen LogP) is 10.3. The molecule has 0 bridgehead atoms. The van der Waals surface area contributed by atoms with Gasteiger partial charge in [0.15, 0.2) is 0 Å². The minimum Gasteiger partial charge on any atom is -0.500 e. The summed E-state index contributed by atoms with van der Waals surface area (Å²) in [5, 5.41) is 3.61. The van der Waals surface area contributed by atoms with Gasteiger partial charge in [0.2, 0.25) is 0 Å². The van der Waals surface area contributed by atoms with Crippen LogP contribution in [0.15, 0.2) is 126 Å². The average molecular weight is 781 g/mol. The van der Waals surface area contributed by atoms with Gasteiger partial charge in [0.1, 0.15) is 5.58 Å². The van der Waals surface area contributed by atoms with Crippen molar-refractivity contribution in [2.24, 2.45) is 0 Å². The Morgan fingerprint density at radius 3 is 2.13 bits per heavy atom. The van der Waals surface area contributed by atoms with E-state index in [0.29, 0.717) is 5.92 Å². The number of fused-ring (bicyclic) bond motifs is 3. The standard InChI is InChI=1S/C26H20NO.C14H16NSi.Ir/c1-17(2)19-12-13-27-24(16-19)21-9-11-26-23(15-21)22-14-20(8-10-25(22)28-26)18-6-4-3-5-7-18;1-16(2,3)13-9-10-14(15-11-13)12-7-5-4-6-8-12;/h3-8,10-17H,1-2H3;4-7,9-11H,1-3H3;/q2*-1;. The topological polar surface area (TPSA) is 38.9 Å². The minimum atomic E-state index is -1.23. The number of pyridine rings is 2. The van der Waals surface area contributed by atoms with Crippen LogP contribution in [-0.2, 0) is 20.1 Å². The SMILES string of the molecule is CC(C)c1ccnc(-c2[c-]cc3oc4ccc(-c5ccccc5)cc4c3c2)c1.C[Si](C)(C)c1ccc(-c2[c-]cccc2)nc1.[Ir]. The van der Waals surface area contributed by atoms with Crippen LogP contribution in [0.3, 0.4) is 0 Å². The molecule has 3 heterocycles. The first-order chi connectivity index (χ1) is 21.3. The van der Waals surface area contributed by atoms with Crippen molar-refractivity contribution in [1.29, 1.82) is 0 Å². The number of rotatable bonds is 5. The van der Waals surface area contributed by atoms with E-state index in [-0.39, 0.29) is 20.1 Å². The maximum absolute atomic E-state index is 6.04. The first-order valence-corrected chi connectivity index (χ1v) is 18.6. The predicted molar refractivity (Wildman–Crippen MR) is 187 cm³/mol. The molecular weight excluding hydrogens is 745 g/mol. The number of hydrogen-bond donors (Lipinski definition) is 0. The first-order valence-electron chi connectivity index (χ1n) is 15.1. The summed E-state index contributed by atoms with van der Waals surface area (Å²) in [5.74, 6) is 0.466. The van der Waals surface area contributed by atoms with Crippen LogP contribution in [0, 0.1) is 12.1 Å². The van der Waals surface area contributed by atoms with Crippen LogP contribution in [-0.4, -0.2) is 18.0 Å². The third-order valence-corrected chi connectivity index (χ3v) is 9.88. The number of hydrogen-bond acceptors (Lipinski definition) is 3. The molecule has 0 unspecified atom stereocenters. The van der Waals surface area contributed by atoms with Gasteiger partial charge < -0.3 is 14.4 Å². The zero-order valence-electron chi connectivity index (χ0n) is 26.3. The molecule has 0 aliphatic carbocycles. The van der Waals surface area contributed by atoms with Crippen molar-refractivity contribution >= 4 is 35.2 Å². The fourth-order valence-corrected chi connectivity index (χ4v) is 6.22. The molecule has 0 amide bonds. The fourth-order valence-electron chi connectivity index (χ4n) is 5.18. The summed E-state index contributed by atoms with van der Waals surface area (Å²) in [7, 11) is -1.23. The summed E-state index contributed by atoms with van der Waals surface area (Å²) in [6.45, 7) is 11.4. The van der Waals surface area contributed by atoms with Gasteiger partial charge in [0.05, 0.1) is 13.7 Å². The summed E-state index contributed by atoms with van der Waals surface area (Å²) < 4.78 is 6.04. The number of nitrogens with zero attached hydrogens (tertiary/aromatic N) is 2. The molecule has 0 saturated heterocycles. The summed E-state index contributed by atoms with van der Waals surface area (Å²) in [6.07, 6.45) is 3.89. The number of furan rings is 1. The molecule has 0 fully saturated rings. The Morgan fingerprint density at radius 2 is 1.44 bits per heavy atom. The van der Waals surface area contributed by atoms with Crippen molar-refractivity contribution < 1.29 is 24.5 Å². The van der Waals surface area contributed by atoms with Crippen molar-refractivity contribution in [3.63, 3.8) is 0 Å². The Balaban J connectivity index is 0.000000202. The van der Waals surface area contributed by atoms with E-state index >= 15 is 0 Å². The first kappa shape index (κ1) is 32.2. The van der Waals surface area contributed by atoms with Crippen molar-refractivity contribution in [3.05, 3.63) is 139 Å². The normalized spacial score (nSPS) is 11.2. The number of benzene rings is 4. The maximum atomic E-state index is 6.04. The van der Waals surface area contributed by atoms with Crippen LogP contribution >= 0.6 is 0 Å². The molecule has 1 radical (unpaired) electrons. The molecule has 7 rings (SSSR count). The Bertz CT molecular complexity index is 2010. The van der Waals surface area contributed by atoms with Crippen molar-refractivity contribution in [2.75, 3.05) is 0 Å². The Kier molecular flexibility index (Phi) is 9.94. The quantitative estimate of drug-likeness (QED) is 0.129. The van der Waals surface area contributed by atoms with Crippen LogP contribution < -0.4 is 5.19 Å². The maximum Gasteiger partial charge on any atom is 0.121 e. The van der Waals surface area contributed by atoms with Crippen LogP contribution in [0.4, 0.5) is 0 Å². The third kappa shape index (κ3) is 7.40. The van der Waals surface area contributed by atoms with E-state index in [4.69, 9.17) is 4.42 Å². The van der Waals surface area contributed by atoms with Gasteiger partial charge in [-0.2, -0.15) is 0 Å². The molecule has 5 heteroatoms. The van der Waals surface area contributed by atoms with Crippen molar-refractivity contribution in [2.45, 2.75) is 39.4 Å². The summed E-state index contributed by atoms with van der Waals surface area (Å²) in [6, 6.07) is 43.9. The largest absolute Gasteiger partial charge is 0.500 e. The second kappa shape index (κ2) is 13.9. The smallest absolute Gasteiger partial charge is 0.121 e. The van der Waals surface area contributed by atoms with Gasteiger partial charge in [-0.15, -0.1) is 59.7 Å².